The number of hydrogen-bond donors (Lipinski definition) is 2. The van der Waals surface area contributed by atoms with Gasteiger partial charge >= 0.3 is 0 Å². The first-order valence-corrected chi connectivity index (χ1v) is 10.7. The minimum atomic E-state index is 0.461. The molecule has 3 aromatic rings. The Kier molecular flexibility index (Phi) is 6.27. The molecule has 2 N–H and O–H groups in total. The van der Waals surface area contributed by atoms with E-state index in [9.17, 15) is 0 Å². The lowest BCUT2D eigenvalue weighted by Crippen LogP contribution is -2.36. The van der Waals surface area contributed by atoms with E-state index in [-0.39, 0.29) is 0 Å². The first kappa shape index (κ1) is 19.8. The molecule has 0 aliphatic heterocycles. The summed E-state index contributed by atoms with van der Waals surface area (Å²) < 4.78 is 0. The van der Waals surface area contributed by atoms with Crippen LogP contribution in [0.1, 0.15) is 31.2 Å². The molecule has 1 aliphatic rings. The number of halogens is 3. The van der Waals surface area contributed by atoms with Crippen LogP contribution in [0.5, 0.6) is 0 Å². The van der Waals surface area contributed by atoms with Crippen LogP contribution in [0, 0.1) is 0 Å². The Hall–Kier alpha value is -1.52. The van der Waals surface area contributed by atoms with Crippen molar-refractivity contribution >= 4 is 51.4 Å². The lowest BCUT2D eigenvalue weighted by Gasteiger charge is -2.31. The first-order chi connectivity index (χ1) is 13.6. The molecule has 0 radical (unpaired) electrons. The number of aromatic nitrogens is 1. The summed E-state index contributed by atoms with van der Waals surface area (Å²) in [5.41, 5.74) is 3.03. The summed E-state index contributed by atoms with van der Waals surface area (Å²) in [6, 6.07) is 14.5. The van der Waals surface area contributed by atoms with E-state index in [1.165, 1.54) is 0 Å². The largest absolute Gasteiger partial charge is 0.382 e. The van der Waals surface area contributed by atoms with E-state index in [1.807, 2.05) is 48.7 Å². The molecule has 146 valence electrons. The van der Waals surface area contributed by atoms with Crippen molar-refractivity contribution in [3.05, 3.63) is 69.3 Å². The Morgan fingerprint density at radius 1 is 0.893 bits per heavy atom. The van der Waals surface area contributed by atoms with Gasteiger partial charge in [0.2, 0.25) is 0 Å². The smallest absolute Gasteiger partial charge is 0.0737 e. The van der Waals surface area contributed by atoms with Gasteiger partial charge in [-0.1, -0.05) is 40.9 Å². The van der Waals surface area contributed by atoms with Crippen molar-refractivity contribution in [1.29, 1.82) is 0 Å². The topological polar surface area (TPSA) is 37.0 Å². The molecule has 1 fully saturated rings. The summed E-state index contributed by atoms with van der Waals surface area (Å²) in [7, 11) is 0. The molecule has 2 aromatic carbocycles. The van der Waals surface area contributed by atoms with Crippen molar-refractivity contribution in [3.63, 3.8) is 0 Å². The van der Waals surface area contributed by atoms with Gasteiger partial charge in [0.25, 0.3) is 0 Å². The molecule has 0 spiro atoms. The molecule has 28 heavy (non-hydrogen) atoms. The molecule has 1 saturated carbocycles. The molecular weight excluding hydrogens is 413 g/mol. The molecular formula is C22H22Cl3N3. The van der Waals surface area contributed by atoms with Gasteiger partial charge in [-0.15, -0.1) is 0 Å². The standard InChI is InChI=1S/C22H22Cl3N3/c23-14-4-9-17-21(10-11-26-22(17)12-14)28-16-7-5-15(6-8-16)27-13-18-19(24)2-1-3-20(18)25/h1-4,9-12,15-16,27H,5-8,13H2,(H,26,28). The fraction of sp³-hybridized carbons (Fsp3) is 0.318. The molecule has 6 heteroatoms. The van der Waals surface area contributed by atoms with Crippen LogP contribution >= 0.6 is 34.8 Å². The number of nitrogens with zero attached hydrogens (tertiary/aromatic N) is 1. The second kappa shape index (κ2) is 8.87. The zero-order valence-electron chi connectivity index (χ0n) is 15.4. The van der Waals surface area contributed by atoms with E-state index in [1.54, 1.807) is 0 Å². The van der Waals surface area contributed by atoms with Crippen molar-refractivity contribution in [3.8, 4) is 0 Å². The van der Waals surface area contributed by atoms with Crippen LogP contribution < -0.4 is 10.6 Å². The fourth-order valence-electron chi connectivity index (χ4n) is 3.86. The van der Waals surface area contributed by atoms with Crippen molar-refractivity contribution in [2.75, 3.05) is 5.32 Å². The molecule has 3 nitrogen and oxygen atoms in total. The molecule has 1 heterocycles. The predicted molar refractivity (Wildman–Crippen MR) is 120 cm³/mol. The number of hydrogen-bond acceptors (Lipinski definition) is 3. The molecule has 1 aliphatic carbocycles. The lowest BCUT2D eigenvalue weighted by atomic mass is 9.90. The van der Waals surface area contributed by atoms with Gasteiger partial charge in [0.05, 0.1) is 5.52 Å². The monoisotopic (exact) mass is 433 g/mol. The average Bonchev–Trinajstić information content (AvgIpc) is 2.69. The van der Waals surface area contributed by atoms with Crippen LogP contribution in [-0.2, 0) is 6.54 Å². The molecule has 1 aromatic heterocycles. The zero-order chi connectivity index (χ0) is 19.5. The maximum atomic E-state index is 6.27. The number of rotatable bonds is 5. The van der Waals surface area contributed by atoms with Gasteiger partial charge in [-0.05, 0) is 62.1 Å². The van der Waals surface area contributed by atoms with Crippen molar-refractivity contribution in [2.24, 2.45) is 0 Å². The third kappa shape index (κ3) is 4.55. The van der Waals surface area contributed by atoms with E-state index in [4.69, 9.17) is 34.8 Å². The Labute approximate surface area is 180 Å². The highest BCUT2D eigenvalue weighted by Crippen LogP contribution is 2.29. The molecule has 4 rings (SSSR count). The third-order valence-corrected chi connectivity index (χ3v) is 6.36. The van der Waals surface area contributed by atoms with E-state index in [0.717, 1.165) is 57.9 Å². The van der Waals surface area contributed by atoms with Crippen LogP contribution in [-0.4, -0.2) is 17.1 Å². The zero-order valence-corrected chi connectivity index (χ0v) is 17.7. The maximum absolute atomic E-state index is 6.27. The summed E-state index contributed by atoms with van der Waals surface area (Å²) >= 11 is 18.6. The Bertz CT molecular complexity index is 948. The number of pyridine rings is 1. The summed E-state index contributed by atoms with van der Waals surface area (Å²) in [6.07, 6.45) is 6.31. The van der Waals surface area contributed by atoms with Crippen LogP contribution in [0.25, 0.3) is 10.9 Å². The summed E-state index contributed by atoms with van der Waals surface area (Å²) in [5.74, 6) is 0. The van der Waals surface area contributed by atoms with Gasteiger partial charge in [0, 0.05) is 56.5 Å². The molecule has 0 atom stereocenters. The number of anilines is 1. The van der Waals surface area contributed by atoms with E-state index < -0.39 is 0 Å². The summed E-state index contributed by atoms with van der Waals surface area (Å²) in [6.45, 7) is 0.705. The van der Waals surface area contributed by atoms with Crippen LogP contribution in [0.2, 0.25) is 15.1 Å². The minimum absolute atomic E-state index is 0.461. The molecule has 0 amide bonds. The van der Waals surface area contributed by atoms with Crippen molar-refractivity contribution < 1.29 is 0 Å². The maximum Gasteiger partial charge on any atom is 0.0737 e. The van der Waals surface area contributed by atoms with E-state index in [0.29, 0.717) is 23.7 Å². The average molecular weight is 435 g/mol. The number of nitrogens with one attached hydrogen (secondary N) is 2. The summed E-state index contributed by atoms with van der Waals surface area (Å²) in [4.78, 5) is 4.42. The number of fused-ring (bicyclic) bond motifs is 1. The first-order valence-electron chi connectivity index (χ1n) is 9.57. The van der Waals surface area contributed by atoms with Gasteiger partial charge in [0.1, 0.15) is 0 Å². The quantitative estimate of drug-likeness (QED) is 0.468. The van der Waals surface area contributed by atoms with Crippen molar-refractivity contribution in [2.45, 2.75) is 44.3 Å². The van der Waals surface area contributed by atoms with Gasteiger partial charge in [-0.3, -0.25) is 4.98 Å². The SMILES string of the molecule is Clc1ccc2c(NC3CCC(NCc4c(Cl)cccc4Cl)CC3)ccnc2c1. The lowest BCUT2D eigenvalue weighted by molar-refractivity contribution is 0.353. The highest BCUT2D eigenvalue weighted by atomic mass is 35.5. The second-order valence-corrected chi connectivity index (χ2v) is 8.54. The minimum Gasteiger partial charge on any atom is -0.382 e. The van der Waals surface area contributed by atoms with Gasteiger partial charge in [-0.2, -0.15) is 0 Å². The molecule has 0 unspecified atom stereocenters. The fourth-order valence-corrected chi connectivity index (χ4v) is 4.55. The second-order valence-electron chi connectivity index (χ2n) is 7.29. The Morgan fingerprint density at radius 3 is 2.36 bits per heavy atom. The molecule has 0 saturated heterocycles. The van der Waals surface area contributed by atoms with E-state index in [2.05, 4.69) is 15.6 Å². The third-order valence-electron chi connectivity index (χ3n) is 5.42. The van der Waals surface area contributed by atoms with Crippen molar-refractivity contribution in [1.82, 2.24) is 10.3 Å². The van der Waals surface area contributed by atoms with Crippen LogP contribution in [0.15, 0.2) is 48.7 Å². The summed E-state index contributed by atoms with van der Waals surface area (Å²) in [5, 5.41) is 10.6. The van der Waals surface area contributed by atoms with Gasteiger partial charge in [0.15, 0.2) is 0 Å². The highest BCUT2D eigenvalue weighted by molar-refractivity contribution is 6.36. The van der Waals surface area contributed by atoms with Crippen LogP contribution in [0.4, 0.5) is 5.69 Å². The number of benzene rings is 2. The Morgan fingerprint density at radius 2 is 1.61 bits per heavy atom. The normalized spacial score (nSPS) is 19.7. The highest BCUT2D eigenvalue weighted by Gasteiger charge is 2.21. The van der Waals surface area contributed by atoms with Gasteiger partial charge in [-0.25, -0.2) is 0 Å². The van der Waals surface area contributed by atoms with Gasteiger partial charge < -0.3 is 10.6 Å². The van der Waals surface area contributed by atoms with E-state index >= 15 is 0 Å². The Balaban J connectivity index is 1.34. The van der Waals surface area contributed by atoms with Crippen LogP contribution in [0.3, 0.4) is 0 Å². The molecule has 0 bridgehead atoms. The predicted octanol–water partition coefficient (Wildman–Crippen LogP) is 6.71.